The summed E-state index contributed by atoms with van der Waals surface area (Å²) in [5.41, 5.74) is 0. The third-order valence-corrected chi connectivity index (χ3v) is 4.60. The van der Waals surface area contributed by atoms with Crippen molar-refractivity contribution in [2.75, 3.05) is 32.8 Å². The van der Waals surface area contributed by atoms with Crippen molar-refractivity contribution < 1.29 is 9.13 Å². The van der Waals surface area contributed by atoms with Crippen molar-refractivity contribution in [3.05, 3.63) is 30.1 Å². The maximum atomic E-state index is 12.9. The van der Waals surface area contributed by atoms with E-state index < -0.39 is 0 Å². The smallest absolute Gasteiger partial charge is 0.191 e. The van der Waals surface area contributed by atoms with Crippen LogP contribution in [0, 0.1) is 5.82 Å². The number of hydrogen-bond donors (Lipinski definition) is 2. The SMILES string of the molecule is CCNC(=NCCCOc1ccc(F)cc1)NC1CCN(C(C)C)CC1. The van der Waals surface area contributed by atoms with Crippen LogP contribution in [-0.2, 0) is 0 Å². The highest BCUT2D eigenvalue weighted by atomic mass is 19.1. The molecule has 0 spiro atoms. The summed E-state index contributed by atoms with van der Waals surface area (Å²) in [5.74, 6) is 1.33. The summed E-state index contributed by atoms with van der Waals surface area (Å²) >= 11 is 0. The van der Waals surface area contributed by atoms with Crippen LogP contribution < -0.4 is 15.4 Å². The van der Waals surface area contributed by atoms with Gasteiger partial charge in [0.1, 0.15) is 11.6 Å². The summed E-state index contributed by atoms with van der Waals surface area (Å²) in [6.45, 7) is 11.0. The van der Waals surface area contributed by atoms with E-state index in [9.17, 15) is 4.39 Å². The van der Waals surface area contributed by atoms with E-state index in [0.29, 0.717) is 31.0 Å². The molecule has 0 atom stereocenters. The molecule has 0 amide bonds. The second kappa shape index (κ2) is 11.0. The van der Waals surface area contributed by atoms with Crippen molar-refractivity contribution in [3.8, 4) is 5.75 Å². The normalized spacial score (nSPS) is 16.7. The van der Waals surface area contributed by atoms with Gasteiger partial charge < -0.3 is 20.3 Å². The van der Waals surface area contributed by atoms with Crippen molar-refractivity contribution >= 4 is 5.96 Å². The minimum absolute atomic E-state index is 0.248. The van der Waals surface area contributed by atoms with Crippen LogP contribution >= 0.6 is 0 Å². The molecule has 1 aromatic rings. The molecule has 2 N–H and O–H groups in total. The van der Waals surface area contributed by atoms with E-state index in [0.717, 1.165) is 44.9 Å². The monoisotopic (exact) mass is 364 g/mol. The molecule has 0 aromatic heterocycles. The predicted molar refractivity (Wildman–Crippen MR) is 105 cm³/mol. The molecule has 2 rings (SSSR count). The Hall–Kier alpha value is -1.82. The Labute approximate surface area is 157 Å². The van der Waals surface area contributed by atoms with Gasteiger partial charge >= 0.3 is 0 Å². The molecule has 1 aliphatic heterocycles. The first kappa shape index (κ1) is 20.5. The molecule has 1 saturated heterocycles. The largest absolute Gasteiger partial charge is 0.494 e. The number of halogens is 1. The van der Waals surface area contributed by atoms with Crippen LogP contribution in [0.4, 0.5) is 4.39 Å². The Balaban J connectivity index is 1.70. The third kappa shape index (κ3) is 7.20. The van der Waals surface area contributed by atoms with E-state index in [1.807, 2.05) is 0 Å². The van der Waals surface area contributed by atoms with Gasteiger partial charge in [0.05, 0.1) is 6.61 Å². The topological polar surface area (TPSA) is 48.9 Å². The molecule has 6 heteroatoms. The fourth-order valence-electron chi connectivity index (χ4n) is 3.05. The van der Waals surface area contributed by atoms with Crippen molar-refractivity contribution in [1.82, 2.24) is 15.5 Å². The van der Waals surface area contributed by atoms with Crippen LogP contribution in [0.5, 0.6) is 5.75 Å². The first-order valence-corrected chi connectivity index (χ1v) is 9.75. The van der Waals surface area contributed by atoms with Gasteiger partial charge in [-0.1, -0.05) is 0 Å². The molecule has 1 heterocycles. The lowest BCUT2D eigenvalue weighted by atomic mass is 10.0. The number of likely N-dealkylation sites (tertiary alicyclic amines) is 1. The van der Waals surface area contributed by atoms with Gasteiger partial charge in [-0.3, -0.25) is 4.99 Å². The highest BCUT2D eigenvalue weighted by Crippen LogP contribution is 2.13. The number of piperidine rings is 1. The Morgan fingerprint density at radius 3 is 2.58 bits per heavy atom. The lowest BCUT2D eigenvalue weighted by molar-refractivity contribution is 0.167. The second-order valence-electron chi connectivity index (χ2n) is 6.96. The van der Waals surface area contributed by atoms with Gasteiger partial charge in [0, 0.05) is 44.7 Å². The Bertz CT molecular complexity index is 539. The predicted octanol–water partition coefficient (Wildman–Crippen LogP) is 3.02. The summed E-state index contributed by atoms with van der Waals surface area (Å²) < 4.78 is 18.5. The standard InChI is InChI=1S/C20H33FN4O/c1-4-22-20(24-18-10-13-25(14-11-18)16(2)3)23-12-5-15-26-19-8-6-17(21)7-9-19/h6-9,16,18H,4-5,10-15H2,1-3H3,(H2,22,23,24). The van der Waals surface area contributed by atoms with E-state index in [1.165, 1.54) is 12.1 Å². The molecule has 1 fully saturated rings. The lowest BCUT2D eigenvalue weighted by Gasteiger charge is -2.35. The summed E-state index contributed by atoms with van der Waals surface area (Å²) in [6.07, 6.45) is 3.12. The number of rotatable bonds is 8. The average Bonchev–Trinajstić information content (AvgIpc) is 2.63. The number of benzene rings is 1. The highest BCUT2D eigenvalue weighted by Gasteiger charge is 2.21. The van der Waals surface area contributed by atoms with E-state index >= 15 is 0 Å². The second-order valence-corrected chi connectivity index (χ2v) is 6.96. The van der Waals surface area contributed by atoms with Gasteiger partial charge in [0.25, 0.3) is 0 Å². The van der Waals surface area contributed by atoms with Gasteiger partial charge in [-0.15, -0.1) is 0 Å². The van der Waals surface area contributed by atoms with Crippen molar-refractivity contribution in [1.29, 1.82) is 0 Å². The average molecular weight is 365 g/mol. The van der Waals surface area contributed by atoms with Gasteiger partial charge in [-0.25, -0.2) is 4.39 Å². The molecule has 5 nitrogen and oxygen atoms in total. The zero-order valence-electron chi connectivity index (χ0n) is 16.3. The first-order valence-electron chi connectivity index (χ1n) is 9.75. The summed E-state index contributed by atoms with van der Waals surface area (Å²) in [6, 6.07) is 7.22. The minimum Gasteiger partial charge on any atom is -0.494 e. The molecule has 26 heavy (non-hydrogen) atoms. The number of aliphatic imine (C=N–C) groups is 1. The van der Waals surface area contributed by atoms with Gasteiger partial charge in [-0.05, 0) is 57.9 Å². The zero-order chi connectivity index (χ0) is 18.8. The molecule has 146 valence electrons. The van der Waals surface area contributed by atoms with Crippen LogP contribution in [0.2, 0.25) is 0 Å². The Morgan fingerprint density at radius 2 is 1.96 bits per heavy atom. The maximum absolute atomic E-state index is 12.9. The van der Waals surface area contributed by atoms with Crippen LogP contribution in [0.15, 0.2) is 29.3 Å². The van der Waals surface area contributed by atoms with Crippen molar-refractivity contribution in [3.63, 3.8) is 0 Å². The van der Waals surface area contributed by atoms with Crippen LogP contribution in [-0.4, -0.2) is 55.7 Å². The number of guanidine groups is 1. The van der Waals surface area contributed by atoms with Crippen LogP contribution in [0.25, 0.3) is 0 Å². The van der Waals surface area contributed by atoms with Crippen molar-refractivity contribution in [2.24, 2.45) is 4.99 Å². The van der Waals surface area contributed by atoms with E-state index in [4.69, 9.17) is 4.74 Å². The molecule has 0 saturated carbocycles. The Kier molecular flexibility index (Phi) is 8.68. The number of ether oxygens (including phenoxy) is 1. The lowest BCUT2D eigenvalue weighted by Crippen LogP contribution is -2.49. The van der Waals surface area contributed by atoms with Crippen molar-refractivity contribution in [2.45, 2.75) is 52.1 Å². The number of nitrogens with one attached hydrogen (secondary N) is 2. The molecule has 0 radical (unpaired) electrons. The molecule has 0 bridgehead atoms. The van der Waals surface area contributed by atoms with Gasteiger partial charge in [0.2, 0.25) is 0 Å². The molecular weight excluding hydrogens is 331 g/mol. The van der Waals surface area contributed by atoms with Gasteiger partial charge in [-0.2, -0.15) is 0 Å². The van der Waals surface area contributed by atoms with E-state index in [1.54, 1.807) is 12.1 Å². The third-order valence-electron chi connectivity index (χ3n) is 4.60. The minimum atomic E-state index is -0.248. The zero-order valence-corrected chi connectivity index (χ0v) is 16.3. The van der Waals surface area contributed by atoms with Crippen LogP contribution in [0.1, 0.15) is 40.0 Å². The fourth-order valence-corrected chi connectivity index (χ4v) is 3.05. The van der Waals surface area contributed by atoms with E-state index in [-0.39, 0.29) is 5.82 Å². The molecule has 1 aromatic carbocycles. The first-order chi connectivity index (χ1) is 12.6. The molecule has 0 aliphatic carbocycles. The fraction of sp³-hybridized carbons (Fsp3) is 0.650. The maximum Gasteiger partial charge on any atom is 0.191 e. The quantitative estimate of drug-likeness (QED) is 0.423. The van der Waals surface area contributed by atoms with Gasteiger partial charge in [0.15, 0.2) is 5.96 Å². The summed E-state index contributed by atoms with van der Waals surface area (Å²) in [7, 11) is 0. The molecular formula is C20H33FN4O. The molecule has 1 aliphatic rings. The van der Waals surface area contributed by atoms with Crippen LogP contribution in [0.3, 0.4) is 0 Å². The molecule has 0 unspecified atom stereocenters. The number of hydrogen-bond acceptors (Lipinski definition) is 3. The summed E-state index contributed by atoms with van der Waals surface area (Å²) in [4.78, 5) is 7.17. The van der Waals surface area contributed by atoms with E-state index in [2.05, 4.69) is 41.3 Å². The number of nitrogens with zero attached hydrogens (tertiary/aromatic N) is 2. The Morgan fingerprint density at radius 1 is 1.27 bits per heavy atom. The summed E-state index contributed by atoms with van der Waals surface area (Å²) in [5, 5.41) is 6.88. The highest BCUT2D eigenvalue weighted by molar-refractivity contribution is 5.80.